The zero-order valence-corrected chi connectivity index (χ0v) is 11.4. The van der Waals surface area contributed by atoms with Gasteiger partial charge in [0.1, 0.15) is 5.75 Å². The molecule has 2 aromatic carbocycles. The van der Waals surface area contributed by atoms with Gasteiger partial charge in [-0.1, -0.05) is 18.2 Å². The zero-order chi connectivity index (χ0) is 15.1. The summed E-state index contributed by atoms with van der Waals surface area (Å²) in [7, 11) is 1.56. The number of anilines is 2. The molecule has 0 fully saturated rings. The lowest BCUT2D eigenvalue weighted by Gasteiger charge is -2.08. The third kappa shape index (κ3) is 4.54. The normalized spacial score (nSPS) is 9.57. The lowest BCUT2D eigenvalue weighted by molar-refractivity contribution is 0.240. The highest BCUT2D eigenvalue weighted by Gasteiger charge is 2.07. The molecule has 0 saturated heterocycles. The molecule has 3 N–H and O–H groups in total. The van der Waals surface area contributed by atoms with Crippen molar-refractivity contribution in [3.8, 4) is 5.75 Å². The number of benzene rings is 2. The van der Waals surface area contributed by atoms with Crippen LogP contribution in [0.5, 0.6) is 5.75 Å². The SMILES string of the molecule is COc1ccc(NC(=O)NC(=O)Nc2ccccc2)cc1. The maximum Gasteiger partial charge on any atom is 0.327 e. The van der Waals surface area contributed by atoms with E-state index in [-0.39, 0.29) is 0 Å². The van der Waals surface area contributed by atoms with Crippen LogP contribution >= 0.6 is 0 Å². The highest BCUT2D eigenvalue weighted by Crippen LogP contribution is 2.14. The van der Waals surface area contributed by atoms with E-state index < -0.39 is 12.1 Å². The molecule has 0 saturated carbocycles. The van der Waals surface area contributed by atoms with Gasteiger partial charge >= 0.3 is 12.1 Å². The summed E-state index contributed by atoms with van der Waals surface area (Å²) in [5, 5.41) is 7.26. The predicted molar refractivity (Wildman–Crippen MR) is 80.6 cm³/mol. The van der Waals surface area contributed by atoms with Gasteiger partial charge in [-0.2, -0.15) is 0 Å². The number of hydrogen-bond acceptors (Lipinski definition) is 3. The summed E-state index contributed by atoms with van der Waals surface area (Å²) in [6.07, 6.45) is 0. The van der Waals surface area contributed by atoms with Crippen molar-refractivity contribution in [3.05, 3.63) is 54.6 Å². The number of rotatable bonds is 3. The number of imide groups is 1. The average Bonchev–Trinajstić information content (AvgIpc) is 2.48. The number of urea groups is 2. The van der Waals surface area contributed by atoms with Crippen molar-refractivity contribution in [2.24, 2.45) is 0 Å². The Hall–Kier alpha value is -3.02. The molecule has 0 aliphatic rings. The van der Waals surface area contributed by atoms with E-state index in [1.807, 2.05) is 6.07 Å². The first-order chi connectivity index (χ1) is 10.2. The minimum absolute atomic E-state index is 0.556. The van der Waals surface area contributed by atoms with Gasteiger partial charge in [0.25, 0.3) is 0 Å². The van der Waals surface area contributed by atoms with Crippen LogP contribution in [0.2, 0.25) is 0 Å². The lowest BCUT2D eigenvalue weighted by atomic mass is 10.3. The van der Waals surface area contributed by atoms with Crippen LogP contribution in [0.4, 0.5) is 21.0 Å². The van der Waals surface area contributed by atoms with Crippen molar-refractivity contribution in [3.63, 3.8) is 0 Å². The van der Waals surface area contributed by atoms with Crippen molar-refractivity contribution in [2.75, 3.05) is 17.7 Å². The first-order valence-corrected chi connectivity index (χ1v) is 6.25. The van der Waals surface area contributed by atoms with E-state index in [2.05, 4.69) is 16.0 Å². The molecule has 0 aliphatic heterocycles. The molecular weight excluding hydrogens is 270 g/mol. The molecule has 6 nitrogen and oxygen atoms in total. The van der Waals surface area contributed by atoms with Crippen molar-refractivity contribution in [1.29, 1.82) is 0 Å². The summed E-state index contributed by atoms with van der Waals surface area (Å²) in [5.74, 6) is 0.683. The van der Waals surface area contributed by atoms with Gasteiger partial charge in [0.05, 0.1) is 7.11 Å². The fourth-order valence-electron chi connectivity index (χ4n) is 1.62. The molecule has 0 unspecified atom stereocenters. The molecule has 0 aliphatic carbocycles. The van der Waals surface area contributed by atoms with E-state index in [0.717, 1.165) is 0 Å². The van der Waals surface area contributed by atoms with Gasteiger partial charge < -0.3 is 15.4 Å². The number of nitrogens with one attached hydrogen (secondary N) is 3. The highest BCUT2D eigenvalue weighted by molar-refractivity contribution is 6.05. The Bertz CT molecular complexity index is 612. The quantitative estimate of drug-likeness (QED) is 0.811. The van der Waals surface area contributed by atoms with E-state index in [4.69, 9.17) is 4.74 Å². The molecule has 2 rings (SSSR count). The first-order valence-electron chi connectivity index (χ1n) is 6.25. The minimum Gasteiger partial charge on any atom is -0.497 e. The molecule has 0 radical (unpaired) electrons. The molecule has 2 aromatic rings. The number of hydrogen-bond donors (Lipinski definition) is 3. The third-order valence-electron chi connectivity index (χ3n) is 2.61. The summed E-state index contributed by atoms with van der Waals surface area (Å²) in [6, 6.07) is 14.4. The monoisotopic (exact) mass is 285 g/mol. The Labute approximate surface area is 122 Å². The van der Waals surface area contributed by atoms with Gasteiger partial charge in [-0.3, -0.25) is 5.32 Å². The fourth-order valence-corrected chi connectivity index (χ4v) is 1.62. The largest absolute Gasteiger partial charge is 0.497 e. The molecule has 0 bridgehead atoms. The standard InChI is InChI=1S/C15H15N3O3/c1-21-13-9-7-12(8-10-13)17-15(20)18-14(19)16-11-5-3-2-4-6-11/h2-10H,1H3,(H3,16,17,18,19,20). The molecule has 0 aromatic heterocycles. The Morgan fingerprint density at radius 3 is 1.86 bits per heavy atom. The van der Waals surface area contributed by atoms with Crippen LogP contribution in [-0.4, -0.2) is 19.2 Å². The van der Waals surface area contributed by atoms with Crippen LogP contribution in [0.3, 0.4) is 0 Å². The maximum atomic E-state index is 11.7. The van der Waals surface area contributed by atoms with Crippen LogP contribution in [0.15, 0.2) is 54.6 Å². The molecule has 6 heteroatoms. The second-order valence-corrected chi connectivity index (χ2v) is 4.13. The molecule has 0 atom stereocenters. The minimum atomic E-state index is -0.617. The number of carbonyl (C=O) groups is 2. The Morgan fingerprint density at radius 2 is 1.33 bits per heavy atom. The van der Waals surface area contributed by atoms with Gasteiger partial charge in [-0.15, -0.1) is 0 Å². The van der Waals surface area contributed by atoms with Crippen molar-refractivity contribution < 1.29 is 14.3 Å². The number of methoxy groups -OCH3 is 1. The van der Waals surface area contributed by atoms with Gasteiger partial charge in [-0.05, 0) is 36.4 Å². The van der Waals surface area contributed by atoms with Gasteiger partial charge in [0.15, 0.2) is 0 Å². The van der Waals surface area contributed by atoms with E-state index >= 15 is 0 Å². The molecule has 21 heavy (non-hydrogen) atoms. The van der Waals surface area contributed by atoms with Crippen molar-refractivity contribution in [2.45, 2.75) is 0 Å². The van der Waals surface area contributed by atoms with E-state index in [1.54, 1.807) is 55.6 Å². The summed E-state index contributed by atoms with van der Waals surface area (Å²) < 4.78 is 5.01. The van der Waals surface area contributed by atoms with Crippen LogP contribution in [-0.2, 0) is 0 Å². The topological polar surface area (TPSA) is 79.5 Å². The molecule has 108 valence electrons. The van der Waals surface area contributed by atoms with E-state index in [0.29, 0.717) is 17.1 Å². The summed E-state index contributed by atoms with van der Waals surface area (Å²) in [6.45, 7) is 0. The molecule has 4 amide bonds. The maximum absolute atomic E-state index is 11.7. The predicted octanol–water partition coefficient (Wildman–Crippen LogP) is 3.05. The van der Waals surface area contributed by atoms with Crippen LogP contribution in [0.1, 0.15) is 0 Å². The third-order valence-corrected chi connectivity index (χ3v) is 2.61. The van der Waals surface area contributed by atoms with Gasteiger partial charge in [0, 0.05) is 11.4 Å². The summed E-state index contributed by atoms with van der Waals surface area (Å²) >= 11 is 0. The van der Waals surface area contributed by atoms with Crippen molar-refractivity contribution >= 4 is 23.4 Å². The van der Waals surface area contributed by atoms with Crippen LogP contribution in [0, 0.1) is 0 Å². The number of ether oxygens (including phenoxy) is 1. The van der Waals surface area contributed by atoms with Crippen LogP contribution < -0.4 is 20.7 Å². The second kappa shape index (κ2) is 6.95. The molecule has 0 heterocycles. The Kier molecular flexibility index (Phi) is 4.76. The van der Waals surface area contributed by atoms with Crippen molar-refractivity contribution in [1.82, 2.24) is 5.32 Å². The highest BCUT2D eigenvalue weighted by atomic mass is 16.5. The van der Waals surface area contributed by atoms with Gasteiger partial charge in [0.2, 0.25) is 0 Å². The van der Waals surface area contributed by atoms with Gasteiger partial charge in [-0.25, -0.2) is 9.59 Å². The molecule has 0 spiro atoms. The number of amides is 4. The number of para-hydroxylation sites is 1. The number of carbonyl (C=O) groups excluding carboxylic acids is 2. The summed E-state index contributed by atoms with van der Waals surface area (Å²) in [5.41, 5.74) is 1.16. The Morgan fingerprint density at radius 1 is 0.810 bits per heavy atom. The zero-order valence-electron chi connectivity index (χ0n) is 11.4. The fraction of sp³-hybridized carbons (Fsp3) is 0.0667. The average molecular weight is 285 g/mol. The first kappa shape index (κ1) is 14.4. The van der Waals surface area contributed by atoms with E-state index in [1.165, 1.54) is 0 Å². The summed E-state index contributed by atoms with van der Waals surface area (Å²) in [4.78, 5) is 23.3. The second-order valence-electron chi connectivity index (χ2n) is 4.13. The van der Waals surface area contributed by atoms with Crippen LogP contribution in [0.25, 0.3) is 0 Å². The van der Waals surface area contributed by atoms with E-state index in [9.17, 15) is 9.59 Å². The lowest BCUT2D eigenvalue weighted by Crippen LogP contribution is -2.37. The smallest absolute Gasteiger partial charge is 0.327 e. The Balaban J connectivity index is 1.84. The molecular formula is C15H15N3O3.